The number of aromatic nitrogens is 2. The molecule has 0 aliphatic heterocycles. The standard InChI is InChI=1S/C6H7N3O/c7-5-3-6-1-2-9(10)8(6)4-5/h1-4,10H,7H2. The highest BCUT2D eigenvalue weighted by Gasteiger charge is 1.98. The molecule has 0 spiro atoms. The molecule has 2 aromatic rings. The van der Waals surface area contributed by atoms with Gasteiger partial charge in [-0.3, -0.25) is 0 Å². The van der Waals surface area contributed by atoms with Crippen molar-refractivity contribution in [3.05, 3.63) is 24.5 Å². The molecule has 10 heavy (non-hydrogen) atoms. The van der Waals surface area contributed by atoms with E-state index in [0.717, 1.165) is 10.4 Å². The smallest absolute Gasteiger partial charge is 0.0696 e. The van der Waals surface area contributed by atoms with Crippen LogP contribution in [0.25, 0.3) is 5.52 Å². The average molecular weight is 137 g/mol. The molecule has 0 unspecified atom stereocenters. The summed E-state index contributed by atoms with van der Waals surface area (Å²) in [6, 6.07) is 3.56. The molecule has 0 saturated carbocycles. The number of hydrogen-bond donors (Lipinski definition) is 2. The maximum atomic E-state index is 9.05. The third-order valence-electron chi connectivity index (χ3n) is 1.45. The van der Waals surface area contributed by atoms with Crippen LogP contribution in [0.4, 0.5) is 5.69 Å². The van der Waals surface area contributed by atoms with Gasteiger partial charge in [-0.15, -0.1) is 4.85 Å². The molecule has 0 atom stereocenters. The molecule has 2 aromatic heterocycles. The highest BCUT2D eigenvalue weighted by atomic mass is 16.5. The van der Waals surface area contributed by atoms with Crippen LogP contribution in [-0.2, 0) is 0 Å². The van der Waals surface area contributed by atoms with Gasteiger partial charge in [-0.1, -0.05) is 0 Å². The molecule has 0 saturated heterocycles. The summed E-state index contributed by atoms with van der Waals surface area (Å²) in [4.78, 5) is 0.978. The Morgan fingerprint density at radius 1 is 1.50 bits per heavy atom. The van der Waals surface area contributed by atoms with Crippen molar-refractivity contribution in [2.75, 3.05) is 5.73 Å². The van der Waals surface area contributed by atoms with Gasteiger partial charge >= 0.3 is 0 Å². The van der Waals surface area contributed by atoms with E-state index in [9.17, 15) is 0 Å². The van der Waals surface area contributed by atoms with Crippen molar-refractivity contribution < 1.29 is 5.21 Å². The third-order valence-corrected chi connectivity index (χ3v) is 1.45. The van der Waals surface area contributed by atoms with Gasteiger partial charge in [0, 0.05) is 0 Å². The number of nitrogen functional groups attached to an aromatic ring is 1. The van der Waals surface area contributed by atoms with Crippen LogP contribution in [0.15, 0.2) is 24.5 Å². The van der Waals surface area contributed by atoms with Crippen LogP contribution >= 0.6 is 0 Å². The molecule has 0 fully saturated rings. The fraction of sp³-hybridized carbons (Fsp3) is 0. The minimum Gasteiger partial charge on any atom is -0.413 e. The summed E-state index contributed by atoms with van der Waals surface area (Å²) in [7, 11) is 0. The maximum Gasteiger partial charge on any atom is 0.0696 e. The lowest BCUT2D eigenvalue weighted by molar-refractivity contribution is 0.137. The van der Waals surface area contributed by atoms with Gasteiger partial charge in [0.2, 0.25) is 0 Å². The Balaban J connectivity index is 2.90. The summed E-state index contributed by atoms with van der Waals surface area (Å²) >= 11 is 0. The molecular weight excluding hydrogens is 130 g/mol. The quantitative estimate of drug-likeness (QED) is 0.521. The molecule has 0 radical (unpaired) electrons. The molecule has 4 nitrogen and oxygen atoms in total. The summed E-state index contributed by atoms with van der Waals surface area (Å²) in [5.74, 6) is 0. The Kier molecular flexibility index (Phi) is 0.768. The predicted molar refractivity (Wildman–Crippen MR) is 37.0 cm³/mol. The van der Waals surface area contributed by atoms with E-state index in [-0.39, 0.29) is 0 Å². The van der Waals surface area contributed by atoms with Gasteiger partial charge in [-0.05, 0) is 12.1 Å². The molecule has 0 bridgehead atoms. The SMILES string of the molecule is Nc1cc2ccn(O)n2c1. The van der Waals surface area contributed by atoms with E-state index >= 15 is 0 Å². The number of anilines is 1. The Labute approximate surface area is 57.0 Å². The van der Waals surface area contributed by atoms with Crippen LogP contribution < -0.4 is 5.73 Å². The number of fused-ring (bicyclic) bond motifs is 1. The first kappa shape index (κ1) is 5.22. The molecular formula is C6H7N3O. The zero-order valence-corrected chi connectivity index (χ0v) is 5.23. The van der Waals surface area contributed by atoms with Crippen molar-refractivity contribution in [3.8, 4) is 0 Å². The van der Waals surface area contributed by atoms with Gasteiger partial charge in [-0.25, -0.2) is 4.52 Å². The van der Waals surface area contributed by atoms with Crippen LogP contribution in [-0.4, -0.2) is 14.6 Å². The van der Waals surface area contributed by atoms with Crippen molar-refractivity contribution in [1.82, 2.24) is 9.36 Å². The molecule has 0 amide bonds. The second-order valence-corrected chi connectivity index (χ2v) is 2.18. The summed E-state index contributed by atoms with van der Waals surface area (Å²) in [6.07, 6.45) is 3.20. The molecule has 0 aliphatic carbocycles. The van der Waals surface area contributed by atoms with Gasteiger partial charge in [0.25, 0.3) is 0 Å². The molecule has 3 N–H and O–H groups in total. The van der Waals surface area contributed by atoms with Crippen LogP contribution in [0.1, 0.15) is 0 Å². The fourth-order valence-electron chi connectivity index (χ4n) is 1.01. The Bertz CT molecular complexity index is 360. The first-order valence-electron chi connectivity index (χ1n) is 2.92. The summed E-state index contributed by atoms with van der Waals surface area (Å²) < 4.78 is 1.55. The van der Waals surface area contributed by atoms with Gasteiger partial charge < -0.3 is 10.9 Å². The predicted octanol–water partition coefficient (Wildman–Crippen LogP) is 0.560. The minimum absolute atomic E-state index is 0.651. The van der Waals surface area contributed by atoms with E-state index in [1.165, 1.54) is 0 Å². The Morgan fingerprint density at radius 3 is 3.00 bits per heavy atom. The minimum atomic E-state index is 0.651. The van der Waals surface area contributed by atoms with E-state index in [0.29, 0.717) is 5.69 Å². The first-order valence-corrected chi connectivity index (χ1v) is 2.92. The van der Waals surface area contributed by atoms with Crippen molar-refractivity contribution in [2.24, 2.45) is 0 Å². The van der Waals surface area contributed by atoms with E-state index in [2.05, 4.69) is 0 Å². The van der Waals surface area contributed by atoms with Gasteiger partial charge in [0.05, 0.1) is 23.6 Å². The van der Waals surface area contributed by atoms with Crippen LogP contribution in [0.5, 0.6) is 0 Å². The van der Waals surface area contributed by atoms with E-state index < -0.39 is 0 Å². The zero-order valence-electron chi connectivity index (χ0n) is 5.23. The van der Waals surface area contributed by atoms with Crippen LogP contribution in [0, 0.1) is 0 Å². The lowest BCUT2D eigenvalue weighted by Crippen LogP contribution is -1.96. The fourth-order valence-corrected chi connectivity index (χ4v) is 1.01. The second kappa shape index (κ2) is 1.47. The number of hydrogen-bond acceptors (Lipinski definition) is 2. The molecule has 4 heteroatoms. The zero-order chi connectivity index (χ0) is 7.14. The highest BCUT2D eigenvalue weighted by molar-refractivity contribution is 5.57. The lowest BCUT2D eigenvalue weighted by atomic mass is 10.5. The molecule has 0 aromatic carbocycles. The largest absolute Gasteiger partial charge is 0.413 e. The number of nitrogens with zero attached hydrogens (tertiary/aromatic N) is 2. The van der Waals surface area contributed by atoms with Gasteiger partial charge in [0.15, 0.2) is 0 Å². The average Bonchev–Trinajstić information content (AvgIpc) is 2.35. The topological polar surface area (TPSA) is 55.6 Å². The summed E-state index contributed by atoms with van der Waals surface area (Å²) in [6.45, 7) is 0. The molecule has 2 rings (SSSR count). The van der Waals surface area contributed by atoms with E-state index in [4.69, 9.17) is 10.9 Å². The van der Waals surface area contributed by atoms with E-state index in [1.807, 2.05) is 0 Å². The first-order chi connectivity index (χ1) is 4.77. The molecule has 0 aliphatic rings. The summed E-state index contributed by atoms with van der Waals surface area (Å²) in [5.41, 5.74) is 7.00. The normalized spacial score (nSPS) is 10.8. The van der Waals surface area contributed by atoms with Crippen molar-refractivity contribution in [1.29, 1.82) is 0 Å². The number of rotatable bonds is 0. The molecule has 52 valence electrons. The van der Waals surface area contributed by atoms with Gasteiger partial charge in [0.1, 0.15) is 0 Å². The maximum absolute atomic E-state index is 9.05. The van der Waals surface area contributed by atoms with Crippen LogP contribution in [0.3, 0.4) is 0 Å². The van der Waals surface area contributed by atoms with Crippen molar-refractivity contribution >= 4 is 11.2 Å². The third kappa shape index (κ3) is 0.500. The van der Waals surface area contributed by atoms with Crippen molar-refractivity contribution in [3.63, 3.8) is 0 Å². The molecule has 2 heterocycles. The van der Waals surface area contributed by atoms with E-state index in [1.54, 1.807) is 29.0 Å². The Morgan fingerprint density at radius 2 is 2.30 bits per heavy atom. The Hall–Kier alpha value is -1.58. The van der Waals surface area contributed by atoms with Gasteiger partial charge in [-0.2, -0.15) is 0 Å². The van der Waals surface area contributed by atoms with Crippen LogP contribution in [0.2, 0.25) is 0 Å². The lowest BCUT2D eigenvalue weighted by Gasteiger charge is -1.90. The second-order valence-electron chi connectivity index (χ2n) is 2.18. The number of nitrogens with two attached hydrogens (primary N) is 1. The van der Waals surface area contributed by atoms with Crippen molar-refractivity contribution in [2.45, 2.75) is 0 Å². The monoisotopic (exact) mass is 137 g/mol. The summed E-state index contributed by atoms with van der Waals surface area (Å²) in [5, 5.41) is 9.05. The highest BCUT2D eigenvalue weighted by Crippen LogP contribution is 2.10.